The van der Waals surface area contributed by atoms with Crippen molar-refractivity contribution >= 4 is 11.7 Å². The van der Waals surface area contributed by atoms with E-state index in [9.17, 15) is 9.59 Å². The van der Waals surface area contributed by atoms with E-state index in [-0.39, 0.29) is 24.3 Å². The van der Waals surface area contributed by atoms with Gasteiger partial charge in [-0.15, -0.1) is 0 Å². The van der Waals surface area contributed by atoms with Crippen LogP contribution in [0.3, 0.4) is 0 Å². The fourth-order valence-corrected chi connectivity index (χ4v) is 2.52. The molecule has 1 aromatic rings. The Hall–Kier alpha value is -1.62. The summed E-state index contributed by atoms with van der Waals surface area (Å²) < 4.78 is 1.80. The van der Waals surface area contributed by atoms with Crippen LogP contribution in [0.1, 0.15) is 29.8 Å². The monoisotopic (exact) mass is 249 g/mol. The number of likely N-dealkylation sites (tertiary alicyclic amines) is 1. The number of amides is 1. The summed E-state index contributed by atoms with van der Waals surface area (Å²) in [5, 5.41) is 0. The molecule has 0 aromatic carbocycles. The van der Waals surface area contributed by atoms with E-state index < -0.39 is 0 Å². The fourth-order valence-electron chi connectivity index (χ4n) is 2.52. The van der Waals surface area contributed by atoms with Crippen LogP contribution >= 0.6 is 0 Å². The molecule has 0 spiro atoms. The van der Waals surface area contributed by atoms with Crippen molar-refractivity contribution in [3.63, 3.8) is 0 Å². The molecule has 2 N–H and O–H groups in total. The molecule has 2 heterocycles. The molecule has 5 heteroatoms. The van der Waals surface area contributed by atoms with Crippen molar-refractivity contribution in [2.45, 2.75) is 25.3 Å². The van der Waals surface area contributed by atoms with E-state index in [4.69, 9.17) is 5.73 Å². The molecule has 1 unspecified atom stereocenters. The van der Waals surface area contributed by atoms with Crippen molar-refractivity contribution < 1.29 is 9.59 Å². The lowest BCUT2D eigenvalue weighted by Crippen LogP contribution is -2.49. The van der Waals surface area contributed by atoms with Gasteiger partial charge in [-0.05, 0) is 31.5 Å². The number of piperidine rings is 1. The lowest BCUT2D eigenvalue weighted by Gasteiger charge is -2.32. The maximum Gasteiger partial charge on any atom is 0.234 e. The number of hydrogen-bond acceptors (Lipinski definition) is 3. The number of carbonyl (C=O) groups excluding carboxylic acids is 2. The number of nitrogens with two attached hydrogens (primary N) is 1. The van der Waals surface area contributed by atoms with Crippen LogP contribution in [-0.4, -0.2) is 40.3 Å². The molecule has 1 amide bonds. The van der Waals surface area contributed by atoms with Crippen LogP contribution in [0, 0.1) is 0 Å². The number of carbonyl (C=O) groups is 2. The number of Topliss-reactive ketones (excluding diaryl/α,β-unsaturated/α-hetero) is 1. The lowest BCUT2D eigenvalue weighted by molar-refractivity contribution is -0.124. The van der Waals surface area contributed by atoms with Gasteiger partial charge in [0.05, 0.1) is 18.3 Å². The Morgan fingerprint density at radius 3 is 2.83 bits per heavy atom. The Balaban J connectivity index is 2.05. The average Bonchev–Trinajstić information content (AvgIpc) is 2.76. The Bertz CT molecular complexity index is 453. The normalized spacial score (nSPS) is 20.8. The van der Waals surface area contributed by atoms with Gasteiger partial charge < -0.3 is 10.3 Å². The van der Waals surface area contributed by atoms with Gasteiger partial charge in [0.15, 0.2) is 5.78 Å². The molecule has 0 bridgehead atoms. The molecular formula is C13H19N3O2. The molecule has 0 saturated carbocycles. The third-order valence-corrected chi connectivity index (χ3v) is 3.52. The number of primary amides is 1. The summed E-state index contributed by atoms with van der Waals surface area (Å²) in [5.41, 5.74) is 6.05. The molecule has 1 fully saturated rings. The molecule has 1 aliphatic rings. The molecule has 1 aromatic heterocycles. The molecule has 0 aliphatic carbocycles. The minimum absolute atomic E-state index is 0.0376. The Kier molecular flexibility index (Phi) is 3.81. The van der Waals surface area contributed by atoms with Gasteiger partial charge in [-0.25, -0.2) is 0 Å². The maximum atomic E-state index is 12.1. The van der Waals surface area contributed by atoms with Crippen LogP contribution < -0.4 is 5.73 Å². The summed E-state index contributed by atoms with van der Waals surface area (Å²) in [6.07, 6.45) is 4.62. The van der Waals surface area contributed by atoms with E-state index in [0.717, 1.165) is 25.8 Å². The van der Waals surface area contributed by atoms with Crippen LogP contribution in [0.4, 0.5) is 0 Å². The van der Waals surface area contributed by atoms with E-state index in [1.165, 1.54) is 0 Å². The molecule has 1 aliphatic heterocycles. The largest absolute Gasteiger partial charge is 0.368 e. The molecule has 5 nitrogen and oxygen atoms in total. The van der Waals surface area contributed by atoms with E-state index in [1.54, 1.807) is 10.6 Å². The number of aromatic nitrogens is 1. The molecule has 2 rings (SSSR count). The smallest absolute Gasteiger partial charge is 0.234 e. The Morgan fingerprint density at radius 2 is 2.22 bits per heavy atom. The van der Waals surface area contributed by atoms with E-state index in [0.29, 0.717) is 5.69 Å². The summed E-state index contributed by atoms with van der Waals surface area (Å²) in [5.74, 6) is -0.287. The predicted molar refractivity (Wildman–Crippen MR) is 68.1 cm³/mol. The predicted octanol–water partition coefficient (Wildman–Crippen LogP) is 0.548. The topological polar surface area (TPSA) is 68.3 Å². The second-order valence-corrected chi connectivity index (χ2v) is 4.81. The zero-order valence-electron chi connectivity index (χ0n) is 10.6. The van der Waals surface area contributed by atoms with Crippen LogP contribution in [-0.2, 0) is 11.8 Å². The van der Waals surface area contributed by atoms with E-state index in [2.05, 4.69) is 0 Å². The van der Waals surface area contributed by atoms with Gasteiger partial charge in [0.25, 0.3) is 0 Å². The quantitative estimate of drug-likeness (QED) is 0.792. The van der Waals surface area contributed by atoms with Crippen molar-refractivity contribution in [2.24, 2.45) is 12.8 Å². The van der Waals surface area contributed by atoms with Gasteiger partial charge in [0.2, 0.25) is 5.91 Å². The molecular weight excluding hydrogens is 230 g/mol. The number of aryl methyl sites for hydroxylation is 1. The van der Waals surface area contributed by atoms with Crippen LogP contribution in [0.5, 0.6) is 0 Å². The number of ketones is 1. The second kappa shape index (κ2) is 5.35. The van der Waals surface area contributed by atoms with Crippen molar-refractivity contribution in [1.82, 2.24) is 9.47 Å². The van der Waals surface area contributed by atoms with E-state index >= 15 is 0 Å². The minimum atomic E-state index is -0.325. The molecule has 98 valence electrons. The van der Waals surface area contributed by atoms with Crippen LogP contribution in [0.2, 0.25) is 0 Å². The third kappa shape index (κ3) is 2.61. The average molecular weight is 249 g/mol. The van der Waals surface area contributed by atoms with Gasteiger partial charge in [-0.3, -0.25) is 14.5 Å². The van der Waals surface area contributed by atoms with Crippen LogP contribution in [0.15, 0.2) is 18.3 Å². The van der Waals surface area contributed by atoms with Gasteiger partial charge in [0.1, 0.15) is 0 Å². The third-order valence-electron chi connectivity index (χ3n) is 3.52. The zero-order valence-corrected chi connectivity index (χ0v) is 10.6. The van der Waals surface area contributed by atoms with Gasteiger partial charge >= 0.3 is 0 Å². The Morgan fingerprint density at radius 1 is 1.44 bits per heavy atom. The summed E-state index contributed by atoms with van der Waals surface area (Å²) in [6.45, 7) is 1.04. The lowest BCUT2D eigenvalue weighted by atomic mass is 10.0. The maximum absolute atomic E-state index is 12.1. The summed E-state index contributed by atoms with van der Waals surface area (Å²) >= 11 is 0. The molecule has 1 saturated heterocycles. The first kappa shape index (κ1) is 12.8. The standard InChI is InChI=1S/C13H19N3O2/c1-15-7-4-6-10(15)12(17)9-16-8-3-2-5-11(16)13(14)18/h4,6-7,11H,2-3,5,8-9H2,1H3,(H2,14,18). The first-order valence-electron chi connectivity index (χ1n) is 6.27. The fraction of sp³-hybridized carbons (Fsp3) is 0.538. The highest BCUT2D eigenvalue weighted by molar-refractivity contribution is 5.96. The van der Waals surface area contributed by atoms with Crippen molar-refractivity contribution in [2.75, 3.05) is 13.1 Å². The molecule has 0 radical (unpaired) electrons. The summed E-state index contributed by atoms with van der Waals surface area (Å²) in [4.78, 5) is 25.4. The summed E-state index contributed by atoms with van der Waals surface area (Å²) in [6, 6.07) is 3.35. The van der Waals surface area contributed by atoms with Crippen molar-refractivity contribution in [3.05, 3.63) is 24.0 Å². The van der Waals surface area contributed by atoms with E-state index in [1.807, 2.05) is 24.2 Å². The highest BCUT2D eigenvalue weighted by atomic mass is 16.1. The highest BCUT2D eigenvalue weighted by Gasteiger charge is 2.28. The van der Waals surface area contributed by atoms with Gasteiger partial charge in [-0.1, -0.05) is 6.42 Å². The first-order valence-corrected chi connectivity index (χ1v) is 6.27. The van der Waals surface area contributed by atoms with Gasteiger partial charge in [0, 0.05) is 13.2 Å². The first-order chi connectivity index (χ1) is 8.59. The Labute approximate surface area is 107 Å². The van der Waals surface area contributed by atoms with Crippen LogP contribution in [0.25, 0.3) is 0 Å². The SMILES string of the molecule is Cn1cccc1C(=O)CN1CCCCC1C(N)=O. The number of hydrogen-bond donors (Lipinski definition) is 1. The number of nitrogens with zero attached hydrogens (tertiary/aromatic N) is 2. The second-order valence-electron chi connectivity index (χ2n) is 4.81. The molecule has 18 heavy (non-hydrogen) atoms. The van der Waals surface area contributed by atoms with Gasteiger partial charge in [-0.2, -0.15) is 0 Å². The zero-order chi connectivity index (χ0) is 13.1. The minimum Gasteiger partial charge on any atom is -0.368 e. The van der Waals surface area contributed by atoms with Crippen molar-refractivity contribution in [1.29, 1.82) is 0 Å². The summed E-state index contributed by atoms with van der Waals surface area (Å²) in [7, 11) is 1.84. The molecule has 1 atom stereocenters. The van der Waals surface area contributed by atoms with Crippen molar-refractivity contribution in [3.8, 4) is 0 Å². The highest BCUT2D eigenvalue weighted by Crippen LogP contribution is 2.17. The number of rotatable bonds is 4.